The summed E-state index contributed by atoms with van der Waals surface area (Å²) in [5.74, 6) is -1.18. The first kappa shape index (κ1) is 22.8. The van der Waals surface area contributed by atoms with Crippen LogP contribution in [0, 0.1) is 12.7 Å². The Balaban J connectivity index is 1.41. The Morgan fingerprint density at radius 1 is 1.15 bits per heavy atom. The average Bonchev–Trinajstić information content (AvgIpc) is 3.25. The lowest BCUT2D eigenvalue weighted by atomic mass is 10.0. The molecule has 1 unspecified atom stereocenters. The third kappa shape index (κ3) is 4.85. The second-order valence-corrected chi connectivity index (χ2v) is 8.02. The number of carbonyl (C=O) groups excluding carboxylic acids is 2. The summed E-state index contributed by atoms with van der Waals surface area (Å²) in [5.41, 5.74) is 9.57. The number of nitrogens with zero attached hydrogens (tertiary/aromatic N) is 3. The van der Waals surface area contributed by atoms with Crippen molar-refractivity contribution in [1.29, 1.82) is 0 Å². The summed E-state index contributed by atoms with van der Waals surface area (Å²) in [6, 6.07) is 11.1. The molecule has 34 heavy (non-hydrogen) atoms. The Morgan fingerprint density at radius 2 is 1.91 bits per heavy atom. The fraction of sp³-hybridized carbons (Fsp3) is 0.208. The highest BCUT2D eigenvalue weighted by atomic mass is 19.1. The number of fused-ring (bicyclic) bond motifs is 1. The van der Waals surface area contributed by atoms with Gasteiger partial charge in [-0.25, -0.2) is 14.4 Å². The summed E-state index contributed by atoms with van der Waals surface area (Å²) in [7, 11) is 0. The van der Waals surface area contributed by atoms with Crippen molar-refractivity contribution < 1.29 is 19.2 Å². The summed E-state index contributed by atoms with van der Waals surface area (Å²) in [5, 5.41) is 17.5. The smallest absolute Gasteiger partial charge is 0.270 e. The van der Waals surface area contributed by atoms with Crippen molar-refractivity contribution in [2.24, 2.45) is 10.9 Å². The van der Waals surface area contributed by atoms with E-state index < -0.39 is 11.8 Å². The second kappa shape index (κ2) is 9.65. The number of aromatic nitrogens is 2. The Kier molecular flexibility index (Phi) is 6.48. The number of halogens is 1. The number of nitrogens with one attached hydrogen (secondary N) is 2. The first-order valence-corrected chi connectivity index (χ1v) is 10.6. The molecule has 10 heteroatoms. The summed E-state index contributed by atoms with van der Waals surface area (Å²) >= 11 is 0. The standard InChI is InChI=1S/C24H23FN6O3/c1-13-8-14(2-6-18(13)25)11-27-23(32)20-10-21(29-12-28-20)24(33)30-19-7-4-15-9-16(22(26)31-34)3-5-17(15)19/h2-3,5-6,8-10,12,19,34H,4,7,11H2,1H3,(H2,26,31)(H,27,32)(H,30,33). The van der Waals surface area contributed by atoms with E-state index in [9.17, 15) is 14.0 Å². The predicted octanol–water partition coefficient (Wildman–Crippen LogP) is 2.37. The lowest BCUT2D eigenvalue weighted by molar-refractivity contribution is 0.0931. The number of carbonyl (C=O) groups is 2. The van der Waals surface area contributed by atoms with Crippen LogP contribution in [0.15, 0.2) is 53.9 Å². The molecular formula is C24H23FN6O3. The quantitative estimate of drug-likeness (QED) is 0.192. The second-order valence-electron chi connectivity index (χ2n) is 8.02. The molecular weight excluding hydrogens is 439 g/mol. The summed E-state index contributed by atoms with van der Waals surface area (Å²) in [6.45, 7) is 1.84. The van der Waals surface area contributed by atoms with Crippen molar-refractivity contribution in [3.05, 3.63) is 93.8 Å². The van der Waals surface area contributed by atoms with E-state index in [1.54, 1.807) is 25.1 Å². The lowest BCUT2D eigenvalue weighted by Crippen LogP contribution is -2.29. The molecule has 1 atom stereocenters. The third-order valence-corrected chi connectivity index (χ3v) is 5.74. The maximum atomic E-state index is 13.4. The van der Waals surface area contributed by atoms with Gasteiger partial charge in [0.2, 0.25) is 0 Å². The Hall–Kier alpha value is -4.34. The minimum atomic E-state index is -0.472. The van der Waals surface area contributed by atoms with Gasteiger partial charge in [0, 0.05) is 18.2 Å². The van der Waals surface area contributed by atoms with Gasteiger partial charge in [0.15, 0.2) is 5.84 Å². The zero-order valence-electron chi connectivity index (χ0n) is 18.4. The molecule has 0 fully saturated rings. The number of aryl methyl sites for hydroxylation is 2. The largest absolute Gasteiger partial charge is 0.409 e. The number of nitrogens with two attached hydrogens (primary N) is 1. The molecule has 0 spiro atoms. The molecule has 1 aromatic heterocycles. The van der Waals surface area contributed by atoms with Crippen LogP contribution >= 0.6 is 0 Å². The van der Waals surface area contributed by atoms with Gasteiger partial charge in [-0.2, -0.15) is 0 Å². The lowest BCUT2D eigenvalue weighted by Gasteiger charge is -2.14. The zero-order chi connectivity index (χ0) is 24.2. The van der Waals surface area contributed by atoms with Gasteiger partial charge >= 0.3 is 0 Å². The topological polar surface area (TPSA) is 143 Å². The van der Waals surface area contributed by atoms with Crippen LogP contribution in [0.25, 0.3) is 0 Å². The Morgan fingerprint density at radius 3 is 2.65 bits per heavy atom. The molecule has 174 valence electrons. The molecule has 3 aromatic rings. The maximum Gasteiger partial charge on any atom is 0.270 e. The number of benzene rings is 2. The molecule has 1 heterocycles. The van der Waals surface area contributed by atoms with Crippen LogP contribution in [0.4, 0.5) is 4.39 Å². The third-order valence-electron chi connectivity index (χ3n) is 5.74. The van der Waals surface area contributed by atoms with Gasteiger partial charge in [-0.3, -0.25) is 9.59 Å². The molecule has 2 amide bonds. The molecule has 0 radical (unpaired) electrons. The molecule has 1 aliphatic rings. The molecule has 1 aliphatic carbocycles. The first-order chi connectivity index (χ1) is 16.4. The monoisotopic (exact) mass is 462 g/mol. The van der Waals surface area contributed by atoms with E-state index in [1.165, 1.54) is 12.1 Å². The van der Waals surface area contributed by atoms with E-state index >= 15 is 0 Å². The molecule has 0 saturated carbocycles. The van der Waals surface area contributed by atoms with E-state index in [0.29, 0.717) is 17.5 Å². The highest BCUT2D eigenvalue weighted by molar-refractivity contribution is 5.98. The van der Waals surface area contributed by atoms with Crippen molar-refractivity contribution in [1.82, 2.24) is 20.6 Å². The van der Waals surface area contributed by atoms with Crippen LogP contribution < -0.4 is 16.4 Å². The average molecular weight is 462 g/mol. The number of oxime groups is 1. The van der Waals surface area contributed by atoms with Crippen LogP contribution in [0.5, 0.6) is 0 Å². The summed E-state index contributed by atoms with van der Waals surface area (Å²) < 4.78 is 13.4. The van der Waals surface area contributed by atoms with E-state index in [0.717, 1.165) is 29.4 Å². The number of hydrogen-bond donors (Lipinski definition) is 4. The molecule has 0 bridgehead atoms. The van der Waals surface area contributed by atoms with Crippen LogP contribution in [-0.4, -0.2) is 32.8 Å². The molecule has 0 saturated heterocycles. The highest BCUT2D eigenvalue weighted by Crippen LogP contribution is 2.32. The molecule has 5 N–H and O–H groups in total. The van der Waals surface area contributed by atoms with Gasteiger partial charge in [0.1, 0.15) is 23.5 Å². The fourth-order valence-electron chi connectivity index (χ4n) is 3.91. The molecule has 2 aromatic carbocycles. The molecule has 9 nitrogen and oxygen atoms in total. The van der Waals surface area contributed by atoms with Gasteiger partial charge in [-0.05, 0) is 54.2 Å². The van der Waals surface area contributed by atoms with Crippen molar-refractivity contribution >= 4 is 17.6 Å². The van der Waals surface area contributed by atoms with Crippen molar-refractivity contribution in [2.75, 3.05) is 0 Å². The van der Waals surface area contributed by atoms with Crippen molar-refractivity contribution in [3.63, 3.8) is 0 Å². The van der Waals surface area contributed by atoms with Crippen LogP contribution in [-0.2, 0) is 13.0 Å². The maximum absolute atomic E-state index is 13.4. The number of hydrogen-bond acceptors (Lipinski definition) is 6. The first-order valence-electron chi connectivity index (χ1n) is 10.6. The van der Waals surface area contributed by atoms with Crippen LogP contribution in [0.3, 0.4) is 0 Å². The van der Waals surface area contributed by atoms with Crippen molar-refractivity contribution in [2.45, 2.75) is 32.4 Å². The van der Waals surface area contributed by atoms with Gasteiger partial charge in [0.05, 0.1) is 6.04 Å². The SMILES string of the molecule is Cc1cc(CNC(=O)c2cc(C(=O)NC3CCc4cc(/C(N)=N\O)ccc43)ncn2)ccc1F. The Bertz CT molecular complexity index is 1290. The minimum Gasteiger partial charge on any atom is -0.409 e. The fourth-order valence-corrected chi connectivity index (χ4v) is 3.91. The molecule has 0 aliphatic heterocycles. The van der Waals surface area contributed by atoms with Gasteiger partial charge in [0.25, 0.3) is 11.8 Å². The van der Waals surface area contributed by atoms with Gasteiger partial charge in [-0.15, -0.1) is 0 Å². The number of amidine groups is 1. The van der Waals surface area contributed by atoms with Crippen LogP contribution in [0.1, 0.15) is 61.3 Å². The highest BCUT2D eigenvalue weighted by Gasteiger charge is 2.25. The normalized spacial score (nSPS) is 15.0. The predicted molar refractivity (Wildman–Crippen MR) is 122 cm³/mol. The minimum absolute atomic E-state index is 0.0247. The molecule has 4 rings (SSSR count). The van der Waals surface area contributed by atoms with Crippen LogP contribution in [0.2, 0.25) is 0 Å². The van der Waals surface area contributed by atoms with E-state index in [4.69, 9.17) is 10.9 Å². The zero-order valence-corrected chi connectivity index (χ0v) is 18.4. The van der Waals surface area contributed by atoms with Gasteiger partial charge in [-0.1, -0.05) is 29.4 Å². The van der Waals surface area contributed by atoms with Gasteiger partial charge < -0.3 is 21.6 Å². The van der Waals surface area contributed by atoms with E-state index in [2.05, 4.69) is 25.8 Å². The van der Waals surface area contributed by atoms with Crippen molar-refractivity contribution in [3.8, 4) is 0 Å². The summed E-state index contributed by atoms with van der Waals surface area (Å²) in [4.78, 5) is 33.3. The number of amides is 2. The Labute approximate surface area is 194 Å². The van der Waals surface area contributed by atoms with E-state index in [-0.39, 0.29) is 35.6 Å². The summed E-state index contributed by atoms with van der Waals surface area (Å²) in [6.07, 6.45) is 2.58. The van der Waals surface area contributed by atoms with E-state index in [1.807, 2.05) is 12.1 Å². The number of rotatable bonds is 6.